The summed E-state index contributed by atoms with van der Waals surface area (Å²) in [6.45, 7) is 2.05. The lowest BCUT2D eigenvalue weighted by molar-refractivity contribution is 0.0784. The number of para-hydroxylation sites is 1. The fourth-order valence-electron chi connectivity index (χ4n) is 4.99. The summed E-state index contributed by atoms with van der Waals surface area (Å²) in [5.41, 5.74) is 0.231. The highest BCUT2D eigenvalue weighted by Crippen LogP contribution is 2.36. The Morgan fingerprint density at radius 1 is 1.07 bits per heavy atom. The first-order valence-corrected chi connectivity index (χ1v) is 12.5. The Morgan fingerprint density at radius 3 is 2.42 bits per heavy atom. The summed E-state index contributed by atoms with van der Waals surface area (Å²) in [7, 11) is 2.87. The van der Waals surface area contributed by atoms with E-state index in [0.29, 0.717) is 12.0 Å². The van der Waals surface area contributed by atoms with Crippen LogP contribution in [-0.2, 0) is 0 Å². The zero-order valence-electron chi connectivity index (χ0n) is 22.0. The molecule has 0 spiro atoms. The minimum Gasteiger partial charge on any atom is -0.494 e. The summed E-state index contributed by atoms with van der Waals surface area (Å²) in [4.78, 5) is 37.3. The number of carbonyl (C=O) groups excluding carboxylic acids is 1. The van der Waals surface area contributed by atoms with Gasteiger partial charge < -0.3 is 19.5 Å². The van der Waals surface area contributed by atoms with Crippen molar-refractivity contribution >= 4 is 5.91 Å². The van der Waals surface area contributed by atoms with Crippen molar-refractivity contribution in [3.63, 3.8) is 0 Å². The van der Waals surface area contributed by atoms with Crippen molar-refractivity contribution in [2.45, 2.75) is 19.3 Å². The van der Waals surface area contributed by atoms with Crippen LogP contribution in [0.5, 0.6) is 17.4 Å². The van der Waals surface area contributed by atoms with E-state index >= 15 is 0 Å². The number of carbonyl (C=O) groups is 1. The highest BCUT2D eigenvalue weighted by molar-refractivity contribution is 5.96. The van der Waals surface area contributed by atoms with Crippen LogP contribution in [0.2, 0.25) is 0 Å². The molecule has 0 bridgehead atoms. The maximum absolute atomic E-state index is 14.4. The minimum atomic E-state index is -0.841. The molecular formula is C29H26F2N4O5. The Labute approximate surface area is 228 Å². The number of amides is 1. The van der Waals surface area contributed by atoms with Crippen LogP contribution < -0.4 is 15.0 Å². The van der Waals surface area contributed by atoms with Crippen molar-refractivity contribution in [2.24, 2.45) is 0 Å². The number of aryl methyl sites for hydroxylation is 1. The third-order valence-electron chi connectivity index (χ3n) is 6.88. The monoisotopic (exact) mass is 548 g/mol. The van der Waals surface area contributed by atoms with E-state index in [1.807, 2.05) is 13.0 Å². The number of halogens is 2. The maximum Gasteiger partial charge on any atom is 0.275 e. The van der Waals surface area contributed by atoms with E-state index in [9.17, 15) is 23.5 Å². The van der Waals surface area contributed by atoms with Gasteiger partial charge in [0.25, 0.3) is 11.5 Å². The zero-order valence-corrected chi connectivity index (χ0v) is 22.0. The van der Waals surface area contributed by atoms with Crippen molar-refractivity contribution in [1.29, 1.82) is 0 Å². The zero-order chi connectivity index (χ0) is 28.6. The molecule has 1 N–H and O–H groups in total. The molecule has 4 aromatic rings. The molecule has 2 aromatic carbocycles. The number of likely N-dealkylation sites (tertiary alicyclic amines) is 1. The number of hydrogen-bond donors (Lipinski definition) is 1. The van der Waals surface area contributed by atoms with E-state index < -0.39 is 40.5 Å². The van der Waals surface area contributed by atoms with Gasteiger partial charge in [0.1, 0.15) is 28.8 Å². The quantitative estimate of drug-likeness (QED) is 0.384. The van der Waals surface area contributed by atoms with Gasteiger partial charge in [0.05, 0.1) is 26.1 Å². The van der Waals surface area contributed by atoms with Crippen molar-refractivity contribution in [3.8, 4) is 34.5 Å². The second-order valence-electron chi connectivity index (χ2n) is 9.41. The van der Waals surface area contributed by atoms with Gasteiger partial charge in [-0.25, -0.2) is 8.78 Å². The average Bonchev–Trinajstić information content (AvgIpc) is 3.42. The molecule has 0 radical (unpaired) electrons. The molecular weight excluding hydrogens is 522 g/mol. The molecule has 40 heavy (non-hydrogen) atoms. The molecule has 1 aliphatic rings. The number of pyridine rings is 1. The first-order valence-electron chi connectivity index (χ1n) is 12.5. The summed E-state index contributed by atoms with van der Waals surface area (Å²) in [5.74, 6) is -3.02. The standard InChI is InChI=1S/C29H26F2N4O5/c1-16-6-4-7-17(12-16)26-33-27(36)23(29(38)35(26)25-21(39-2)8-5-9-22(25)40-3)28(37)34-11-10-18(15-34)24-20(31)13-19(30)14-32-24/h4-9,12-14,18,36H,10-11,15H2,1-3H3. The van der Waals surface area contributed by atoms with Crippen molar-refractivity contribution in [1.82, 2.24) is 19.4 Å². The molecule has 9 nitrogen and oxygen atoms in total. The molecule has 1 fully saturated rings. The van der Waals surface area contributed by atoms with E-state index in [0.717, 1.165) is 17.8 Å². The Hall–Kier alpha value is -4.80. The molecule has 3 heterocycles. The van der Waals surface area contributed by atoms with Gasteiger partial charge in [-0.2, -0.15) is 4.98 Å². The van der Waals surface area contributed by atoms with Gasteiger partial charge in [-0.1, -0.05) is 29.8 Å². The number of benzene rings is 2. The van der Waals surface area contributed by atoms with Crippen LogP contribution in [0.15, 0.2) is 59.5 Å². The van der Waals surface area contributed by atoms with Crippen LogP contribution in [-0.4, -0.2) is 57.8 Å². The maximum atomic E-state index is 14.4. The highest BCUT2D eigenvalue weighted by atomic mass is 19.1. The summed E-state index contributed by atoms with van der Waals surface area (Å²) in [6.07, 6.45) is 1.26. The van der Waals surface area contributed by atoms with Crippen molar-refractivity contribution in [3.05, 3.63) is 93.5 Å². The van der Waals surface area contributed by atoms with Gasteiger partial charge in [0, 0.05) is 30.6 Å². The second kappa shape index (κ2) is 10.8. The number of aromatic hydroxyl groups is 1. The summed E-state index contributed by atoms with van der Waals surface area (Å²) < 4.78 is 40.0. The first-order chi connectivity index (χ1) is 19.2. The molecule has 0 saturated carbocycles. The number of ether oxygens (including phenoxy) is 2. The number of aromatic nitrogens is 3. The number of rotatable bonds is 6. The SMILES string of the molecule is COc1cccc(OC)c1-n1c(-c2cccc(C)c2)nc(O)c(C(=O)N2CCC(c3ncc(F)cc3F)C2)c1=O. The van der Waals surface area contributed by atoms with Crippen molar-refractivity contribution < 1.29 is 28.2 Å². The van der Waals surface area contributed by atoms with Gasteiger partial charge in [-0.15, -0.1) is 0 Å². The lowest BCUT2D eigenvalue weighted by Crippen LogP contribution is -2.36. The van der Waals surface area contributed by atoms with Crippen LogP contribution in [0.3, 0.4) is 0 Å². The van der Waals surface area contributed by atoms with Crippen LogP contribution in [0.1, 0.15) is 34.0 Å². The molecule has 1 aliphatic heterocycles. The molecule has 1 atom stereocenters. The molecule has 0 aliphatic carbocycles. The van der Waals surface area contributed by atoms with E-state index in [1.165, 1.54) is 23.7 Å². The minimum absolute atomic E-state index is 0.0187. The first kappa shape index (κ1) is 26.8. The Balaban J connectivity index is 1.65. The average molecular weight is 549 g/mol. The number of methoxy groups -OCH3 is 2. The van der Waals surface area contributed by atoms with Crippen LogP contribution in [0.25, 0.3) is 17.1 Å². The Kier molecular flexibility index (Phi) is 7.20. The lowest BCUT2D eigenvalue weighted by Gasteiger charge is -2.21. The molecule has 1 unspecified atom stereocenters. The van der Waals surface area contributed by atoms with Crippen LogP contribution in [0, 0.1) is 18.6 Å². The van der Waals surface area contributed by atoms with E-state index in [1.54, 1.807) is 36.4 Å². The van der Waals surface area contributed by atoms with E-state index in [-0.39, 0.29) is 41.8 Å². The Bertz CT molecular complexity index is 1650. The Morgan fingerprint density at radius 2 is 1.77 bits per heavy atom. The predicted octanol–water partition coefficient (Wildman–Crippen LogP) is 4.23. The molecule has 2 aromatic heterocycles. The highest BCUT2D eigenvalue weighted by Gasteiger charge is 2.35. The van der Waals surface area contributed by atoms with Gasteiger partial charge in [0.2, 0.25) is 5.88 Å². The summed E-state index contributed by atoms with van der Waals surface area (Å²) in [6, 6.07) is 12.9. The fourth-order valence-corrected chi connectivity index (χ4v) is 4.99. The third kappa shape index (κ3) is 4.74. The third-order valence-corrected chi connectivity index (χ3v) is 6.88. The number of nitrogens with zero attached hydrogens (tertiary/aromatic N) is 4. The van der Waals surface area contributed by atoms with Gasteiger partial charge in [-0.3, -0.25) is 19.1 Å². The number of hydrogen-bond acceptors (Lipinski definition) is 7. The van der Waals surface area contributed by atoms with Gasteiger partial charge in [0.15, 0.2) is 11.4 Å². The van der Waals surface area contributed by atoms with Crippen LogP contribution >= 0.6 is 0 Å². The van der Waals surface area contributed by atoms with Gasteiger partial charge in [-0.05, 0) is 31.5 Å². The van der Waals surface area contributed by atoms with E-state index in [2.05, 4.69) is 9.97 Å². The molecule has 11 heteroatoms. The molecule has 1 amide bonds. The molecule has 5 rings (SSSR count). The smallest absolute Gasteiger partial charge is 0.275 e. The lowest BCUT2D eigenvalue weighted by atomic mass is 10.0. The summed E-state index contributed by atoms with van der Waals surface area (Å²) in [5, 5.41) is 11.0. The molecule has 206 valence electrons. The van der Waals surface area contributed by atoms with Crippen LogP contribution in [0.4, 0.5) is 8.78 Å². The fraction of sp³-hybridized carbons (Fsp3) is 0.241. The van der Waals surface area contributed by atoms with E-state index in [4.69, 9.17) is 9.47 Å². The second-order valence-corrected chi connectivity index (χ2v) is 9.41. The summed E-state index contributed by atoms with van der Waals surface area (Å²) >= 11 is 0. The normalized spacial score (nSPS) is 14.8. The van der Waals surface area contributed by atoms with Crippen molar-refractivity contribution in [2.75, 3.05) is 27.3 Å². The molecule has 1 saturated heterocycles. The van der Waals surface area contributed by atoms with Gasteiger partial charge >= 0.3 is 0 Å². The largest absolute Gasteiger partial charge is 0.494 e. The predicted molar refractivity (Wildman–Crippen MR) is 142 cm³/mol. The topological polar surface area (TPSA) is 107 Å².